The highest BCUT2D eigenvalue weighted by Gasteiger charge is 2.21. The van der Waals surface area contributed by atoms with Crippen molar-refractivity contribution in [2.45, 2.75) is 20.3 Å². The van der Waals surface area contributed by atoms with Crippen molar-refractivity contribution in [2.75, 3.05) is 13.1 Å². The van der Waals surface area contributed by atoms with Crippen LogP contribution in [0, 0.1) is 17.2 Å². The molecule has 0 aromatic carbocycles. The number of nitrogens with one attached hydrogen (secondary N) is 2. The van der Waals surface area contributed by atoms with Crippen LogP contribution in [0.25, 0.3) is 0 Å². The van der Waals surface area contributed by atoms with Crippen molar-refractivity contribution in [3.63, 3.8) is 0 Å². The van der Waals surface area contributed by atoms with Crippen molar-refractivity contribution in [1.29, 1.82) is 5.26 Å². The van der Waals surface area contributed by atoms with Crippen molar-refractivity contribution in [1.82, 2.24) is 10.6 Å². The molecule has 0 aliphatic carbocycles. The molecule has 2 N–H and O–H groups in total. The van der Waals surface area contributed by atoms with Crippen LogP contribution in [0.15, 0.2) is 16.3 Å². The molecule has 7 heteroatoms. The van der Waals surface area contributed by atoms with Gasteiger partial charge in [0.15, 0.2) is 5.78 Å². The lowest BCUT2D eigenvalue weighted by atomic mass is 9.98. The quantitative estimate of drug-likeness (QED) is 0.530. The van der Waals surface area contributed by atoms with E-state index in [0.717, 1.165) is 0 Å². The fraction of sp³-hybridized carbons (Fsp3) is 0.462. The maximum Gasteiger partial charge on any atom is 0.310 e. The van der Waals surface area contributed by atoms with Gasteiger partial charge in [-0.3, -0.25) is 19.4 Å². The van der Waals surface area contributed by atoms with E-state index in [1.165, 1.54) is 0 Å². The second-order valence-electron chi connectivity index (χ2n) is 4.48. The molecule has 0 aromatic heterocycles. The van der Waals surface area contributed by atoms with Crippen LogP contribution in [0.1, 0.15) is 20.3 Å². The number of carbonyl (C=O) groups is 3. The summed E-state index contributed by atoms with van der Waals surface area (Å²) in [5, 5.41) is 12.8. The van der Waals surface area contributed by atoms with E-state index < -0.39 is 11.8 Å². The highest BCUT2D eigenvalue weighted by atomic mass is 16.2. The maximum absolute atomic E-state index is 11.9. The van der Waals surface area contributed by atoms with Crippen molar-refractivity contribution in [3.8, 4) is 6.07 Å². The van der Waals surface area contributed by atoms with Crippen LogP contribution in [0.3, 0.4) is 0 Å². The largest absolute Gasteiger partial charge is 0.342 e. The molecule has 0 saturated heterocycles. The molecule has 1 rings (SSSR count). The fourth-order valence-electron chi connectivity index (χ4n) is 1.63. The summed E-state index contributed by atoms with van der Waals surface area (Å²) in [4.78, 5) is 38.6. The van der Waals surface area contributed by atoms with Crippen molar-refractivity contribution in [2.24, 2.45) is 10.9 Å². The summed E-state index contributed by atoms with van der Waals surface area (Å²) >= 11 is 0. The van der Waals surface area contributed by atoms with E-state index in [1.54, 1.807) is 26.1 Å². The molecule has 1 aliphatic heterocycles. The standard InChI is InChI=1S/C13H16N4O3/c1-8(2)11(18)9-3-5-15-10(9)7-17-13(20)12(19)16-6-4-14/h5,8H,3,6-7H2,1-2H3,(H,16,19)(H,17,20). The Hall–Kier alpha value is -2.49. The molecule has 0 spiro atoms. The van der Waals surface area contributed by atoms with Gasteiger partial charge in [0.25, 0.3) is 0 Å². The molecule has 1 aliphatic rings. The first-order valence-electron chi connectivity index (χ1n) is 6.19. The lowest BCUT2D eigenvalue weighted by Gasteiger charge is -2.08. The molecule has 106 valence electrons. The molecule has 0 aromatic rings. The van der Waals surface area contributed by atoms with Crippen molar-refractivity contribution >= 4 is 23.8 Å². The van der Waals surface area contributed by atoms with Gasteiger partial charge in [-0.2, -0.15) is 5.26 Å². The molecule has 0 radical (unpaired) electrons. The number of amides is 2. The van der Waals surface area contributed by atoms with Gasteiger partial charge in [-0.25, -0.2) is 0 Å². The maximum atomic E-state index is 11.9. The van der Waals surface area contributed by atoms with E-state index in [2.05, 4.69) is 15.6 Å². The zero-order chi connectivity index (χ0) is 15.1. The first kappa shape index (κ1) is 15.6. The number of rotatable bonds is 5. The first-order valence-corrected chi connectivity index (χ1v) is 6.19. The monoisotopic (exact) mass is 276 g/mol. The number of aliphatic imine (C=N–C) groups is 1. The molecule has 0 fully saturated rings. The summed E-state index contributed by atoms with van der Waals surface area (Å²) in [7, 11) is 0. The smallest absolute Gasteiger partial charge is 0.310 e. The molecular weight excluding hydrogens is 260 g/mol. The Bertz CT molecular complexity index is 526. The normalized spacial score (nSPS) is 13.3. The van der Waals surface area contributed by atoms with Gasteiger partial charge < -0.3 is 10.6 Å². The number of ketones is 1. The molecule has 1 heterocycles. The van der Waals surface area contributed by atoms with Gasteiger partial charge in [-0.1, -0.05) is 13.8 Å². The van der Waals surface area contributed by atoms with E-state index in [-0.39, 0.29) is 24.8 Å². The summed E-state index contributed by atoms with van der Waals surface area (Å²) in [5.41, 5.74) is 1.04. The van der Waals surface area contributed by atoms with Gasteiger partial charge in [0, 0.05) is 24.1 Å². The van der Waals surface area contributed by atoms with Gasteiger partial charge in [-0.05, 0) is 0 Å². The van der Waals surface area contributed by atoms with E-state index in [1.807, 2.05) is 0 Å². The Morgan fingerprint density at radius 2 is 2.00 bits per heavy atom. The Labute approximate surface area is 116 Å². The Balaban J connectivity index is 2.60. The SMILES string of the molecule is CC(C)C(=O)C1=C(CNC(=O)C(=O)NCC#N)N=CC1. The number of nitrogens with zero attached hydrogens (tertiary/aromatic N) is 2. The van der Waals surface area contributed by atoms with Crippen molar-refractivity contribution < 1.29 is 14.4 Å². The third-order valence-corrected chi connectivity index (χ3v) is 2.66. The van der Waals surface area contributed by atoms with Gasteiger partial charge in [-0.15, -0.1) is 0 Å². The summed E-state index contributed by atoms with van der Waals surface area (Å²) < 4.78 is 0. The lowest BCUT2D eigenvalue weighted by molar-refractivity contribution is -0.138. The molecule has 2 amide bonds. The summed E-state index contributed by atoms with van der Waals surface area (Å²) in [6.07, 6.45) is 2.05. The van der Waals surface area contributed by atoms with E-state index >= 15 is 0 Å². The predicted molar refractivity (Wildman–Crippen MR) is 71.6 cm³/mol. The zero-order valence-corrected chi connectivity index (χ0v) is 11.4. The summed E-state index contributed by atoms with van der Waals surface area (Å²) in [6, 6.07) is 1.70. The highest BCUT2D eigenvalue weighted by Crippen LogP contribution is 2.19. The molecule has 0 atom stereocenters. The number of hydrogen-bond acceptors (Lipinski definition) is 5. The Morgan fingerprint density at radius 1 is 1.35 bits per heavy atom. The zero-order valence-electron chi connectivity index (χ0n) is 11.4. The summed E-state index contributed by atoms with van der Waals surface area (Å²) in [5.74, 6) is -1.89. The van der Waals surface area contributed by atoms with Gasteiger partial charge in [0.1, 0.15) is 6.54 Å². The molecular formula is C13H16N4O3. The van der Waals surface area contributed by atoms with Crippen LogP contribution in [0.4, 0.5) is 0 Å². The van der Waals surface area contributed by atoms with Gasteiger partial charge in [0.05, 0.1) is 18.3 Å². The topological polar surface area (TPSA) is 111 Å². The Morgan fingerprint density at radius 3 is 2.60 bits per heavy atom. The summed E-state index contributed by atoms with van der Waals surface area (Å²) in [6.45, 7) is 3.37. The van der Waals surface area contributed by atoms with E-state index in [4.69, 9.17) is 5.26 Å². The van der Waals surface area contributed by atoms with Crippen molar-refractivity contribution in [3.05, 3.63) is 11.3 Å². The van der Waals surface area contributed by atoms with Crippen LogP contribution >= 0.6 is 0 Å². The Kier molecular flexibility index (Phi) is 5.59. The van der Waals surface area contributed by atoms with Crippen LogP contribution in [0.5, 0.6) is 0 Å². The van der Waals surface area contributed by atoms with E-state index in [0.29, 0.717) is 17.7 Å². The molecule has 7 nitrogen and oxygen atoms in total. The lowest BCUT2D eigenvalue weighted by Crippen LogP contribution is -2.40. The fourth-order valence-corrected chi connectivity index (χ4v) is 1.63. The highest BCUT2D eigenvalue weighted by molar-refractivity contribution is 6.35. The van der Waals surface area contributed by atoms with Gasteiger partial charge >= 0.3 is 11.8 Å². The number of hydrogen-bond donors (Lipinski definition) is 2. The predicted octanol–water partition coefficient (Wildman–Crippen LogP) is -0.304. The van der Waals surface area contributed by atoms with Crippen LogP contribution in [-0.2, 0) is 14.4 Å². The van der Waals surface area contributed by atoms with E-state index in [9.17, 15) is 14.4 Å². The molecule has 20 heavy (non-hydrogen) atoms. The van der Waals surface area contributed by atoms with Crippen LogP contribution < -0.4 is 10.6 Å². The minimum absolute atomic E-state index is 0.0133. The molecule has 0 saturated carbocycles. The third-order valence-electron chi connectivity index (χ3n) is 2.66. The average molecular weight is 276 g/mol. The number of nitriles is 1. The molecule has 0 unspecified atom stereocenters. The number of allylic oxidation sites excluding steroid dienone is 1. The number of carbonyl (C=O) groups excluding carboxylic acids is 3. The minimum atomic E-state index is -0.883. The second-order valence-corrected chi connectivity index (χ2v) is 4.48. The first-order chi connectivity index (χ1) is 9.47. The van der Waals surface area contributed by atoms with Gasteiger partial charge in [0.2, 0.25) is 0 Å². The number of Topliss-reactive ketones (excluding diaryl/α,β-unsaturated/α-hetero) is 1. The van der Waals surface area contributed by atoms with Crippen LogP contribution in [0.2, 0.25) is 0 Å². The molecule has 0 bridgehead atoms. The second kappa shape index (κ2) is 7.19. The third kappa shape index (κ3) is 4.02. The van der Waals surface area contributed by atoms with Crippen LogP contribution in [-0.4, -0.2) is 36.9 Å². The average Bonchev–Trinajstić information content (AvgIpc) is 2.89. The minimum Gasteiger partial charge on any atom is -0.342 e.